The first-order chi connectivity index (χ1) is 7.26. The Morgan fingerprint density at radius 2 is 2.33 bits per heavy atom. The first kappa shape index (κ1) is 9.73. The van der Waals surface area contributed by atoms with Gasteiger partial charge in [0.15, 0.2) is 0 Å². The normalized spacial score (nSPS) is 10.5. The third-order valence-corrected chi connectivity index (χ3v) is 2.30. The van der Waals surface area contributed by atoms with Crippen molar-refractivity contribution in [3.8, 4) is 0 Å². The second-order valence-electron chi connectivity index (χ2n) is 3.21. The van der Waals surface area contributed by atoms with Crippen LogP contribution in [0.25, 0.3) is 10.9 Å². The average molecular weight is 205 g/mol. The number of aliphatic hydroxyl groups is 1. The van der Waals surface area contributed by atoms with Crippen molar-refractivity contribution in [3.05, 3.63) is 35.5 Å². The van der Waals surface area contributed by atoms with Gasteiger partial charge < -0.3 is 14.8 Å². The van der Waals surface area contributed by atoms with E-state index >= 15 is 0 Å². The maximum absolute atomic E-state index is 11.4. The summed E-state index contributed by atoms with van der Waals surface area (Å²) in [7, 11) is 1.35. The van der Waals surface area contributed by atoms with Gasteiger partial charge in [-0.15, -0.1) is 0 Å². The molecule has 1 heterocycles. The molecule has 0 unspecified atom stereocenters. The monoisotopic (exact) mass is 205 g/mol. The lowest BCUT2D eigenvalue weighted by Crippen LogP contribution is -2.00. The van der Waals surface area contributed by atoms with Gasteiger partial charge in [0.1, 0.15) is 0 Å². The molecule has 2 rings (SSSR count). The van der Waals surface area contributed by atoms with E-state index in [1.165, 1.54) is 7.11 Å². The van der Waals surface area contributed by atoms with E-state index in [2.05, 4.69) is 9.72 Å². The van der Waals surface area contributed by atoms with Crippen molar-refractivity contribution in [1.29, 1.82) is 0 Å². The Labute approximate surface area is 86.5 Å². The number of aromatic amines is 1. The van der Waals surface area contributed by atoms with Crippen LogP contribution in [0.2, 0.25) is 0 Å². The quantitative estimate of drug-likeness (QED) is 0.729. The van der Waals surface area contributed by atoms with Crippen LogP contribution in [0.3, 0.4) is 0 Å². The largest absolute Gasteiger partial charge is 0.465 e. The number of rotatable bonds is 2. The molecule has 0 aliphatic carbocycles. The number of nitrogens with one attached hydrogen (secondary N) is 1. The highest BCUT2D eigenvalue weighted by Crippen LogP contribution is 2.20. The predicted octanol–water partition coefficient (Wildman–Crippen LogP) is 1.45. The highest BCUT2D eigenvalue weighted by atomic mass is 16.5. The van der Waals surface area contributed by atoms with E-state index in [0.29, 0.717) is 11.3 Å². The molecule has 0 bridgehead atoms. The van der Waals surface area contributed by atoms with Crippen LogP contribution < -0.4 is 0 Å². The molecule has 1 aromatic carbocycles. The number of carbonyl (C=O) groups is 1. The van der Waals surface area contributed by atoms with Crippen molar-refractivity contribution < 1.29 is 14.6 Å². The van der Waals surface area contributed by atoms with Crippen molar-refractivity contribution in [3.63, 3.8) is 0 Å². The zero-order chi connectivity index (χ0) is 10.8. The van der Waals surface area contributed by atoms with E-state index in [0.717, 1.165) is 10.9 Å². The third-order valence-electron chi connectivity index (χ3n) is 2.30. The molecule has 0 aliphatic rings. The summed E-state index contributed by atoms with van der Waals surface area (Å²) in [5.41, 5.74) is 2.01. The van der Waals surface area contributed by atoms with Crippen LogP contribution in [0.15, 0.2) is 24.3 Å². The van der Waals surface area contributed by atoms with Gasteiger partial charge >= 0.3 is 5.97 Å². The standard InChI is InChI=1S/C11H11NO3/c1-15-11(14)8-3-2-4-10-9(8)5-7(6-13)12-10/h2-5,12-13H,6H2,1H3. The molecule has 0 aliphatic heterocycles. The van der Waals surface area contributed by atoms with E-state index in [-0.39, 0.29) is 12.6 Å². The molecular formula is C11H11NO3. The molecule has 2 aromatic rings. The molecule has 0 radical (unpaired) electrons. The van der Waals surface area contributed by atoms with Crippen molar-refractivity contribution in [2.24, 2.45) is 0 Å². The summed E-state index contributed by atoms with van der Waals surface area (Å²) >= 11 is 0. The number of hydrogen-bond acceptors (Lipinski definition) is 3. The molecule has 1 aromatic heterocycles. The Bertz CT molecular complexity index is 502. The fourth-order valence-corrected chi connectivity index (χ4v) is 1.59. The zero-order valence-corrected chi connectivity index (χ0v) is 8.28. The van der Waals surface area contributed by atoms with Gasteiger partial charge in [0.05, 0.1) is 19.3 Å². The number of benzene rings is 1. The van der Waals surface area contributed by atoms with Crippen LogP contribution >= 0.6 is 0 Å². The number of H-pyrrole nitrogens is 1. The number of esters is 1. The van der Waals surface area contributed by atoms with Gasteiger partial charge in [0, 0.05) is 16.6 Å². The molecule has 2 N–H and O–H groups in total. The highest BCUT2D eigenvalue weighted by molar-refractivity contribution is 6.03. The fourth-order valence-electron chi connectivity index (χ4n) is 1.59. The Balaban J connectivity index is 2.64. The first-order valence-electron chi connectivity index (χ1n) is 4.56. The molecule has 4 nitrogen and oxygen atoms in total. The highest BCUT2D eigenvalue weighted by Gasteiger charge is 2.11. The van der Waals surface area contributed by atoms with E-state index in [4.69, 9.17) is 5.11 Å². The van der Waals surface area contributed by atoms with Gasteiger partial charge in [-0.3, -0.25) is 0 Å². The van der Waals surface area contributed by atoms with Crippen LogP contribution in [0.4, 0.5) is 0 Å². The van der Waals surface area contributed by atoms with E-state index in [1.807, 2.05) is 6.07 Å². The maximum Gasteiger partial charge on any atom is 0.338 e. The SMILES string of the molecule is COC(=O)c1cccc2[nH]c(CO)cc12. The van der Waals surface area contributed by atoms with Gasteiger partial charge in [-0.25, -0.2) is 4.79 Å². The molecular weight excluding hydrogens is 194 g/mol. The lowest BCUT2D eigenvalue weighted by atomic mass is 10.1. The molecule has 4 heteroatoms. The maximum atomic E-state index is 11.4. The zero-order valence-electron chi connectivity index (χ0n) is 8.28. The number of fused-ring (bicyclic) bond motifs is 1. The molecule has 0 saturated carbocycles. The van der Waals surface area contributed by atoms with Crippen molar-refractivity contribution in [2.45, 2.75) is 6.61 Å². The van der Waals surface area contributed by atoms with Crippen LogP contribution in [0.5, 0.6) is 0 Å². The molecule has 0 saturated heterocycles. The van der Waals surface area contributed by atoms with Crippen LogP contribution in [-0.4, -0.2) is 23.2 Å². The second-order valence-corrected chi connectivity index (χ2v) is 3.21. The summed E-state index contributed by atoms with van der Waals surface area (Å²) in [5, 5.41) is 9.75. The van der Waals surface area contributed by atoms with Gasteiger partial charge in [-0.1, -0.05) is 6.07 Å². The number of hydrogen-bond donors (Lipinski definition) is 2. The first-order valence-corrected chi connectivity index (χ1v) is 4.56. The second kappa shape index (κ2) is 3.74. The molecule has 0 amide bonds. The number of methoxy groups -OCH3 is 1. The summed E-state index contributed by atoms with van der Waals surface area (Å²) in [6.45, 7) is -0.0741. The van der Waals surface area contributed by atoms with Crippen LogP contribution in [0.1, 0.15) is 16.1 Å². The van der Waals surface area contributed by atoms with E-state index in [1.54, 1.807) is 18.2 Å². The van der Waals surface area contributed by atoms with Crippen LogP contribution in [0, 0.1) is 0 Å². The molecule has 0 atom stereocenters. The van der Waals surface area contributed by atoms with Crippen molar-refractivity contribution in [2.75, 3.05) is 7.11 Å². The van der Waals surface area contributed by atoms with Gasteiger partial charge in [0.25, 0.3) is 0 Å². The number of aromatic nitrogens is 1. The summed E-state index contributed by atoms with van der Waals surface area (Å²) in [6.07, 6.45) is 0. The van der Waals surface area contributed by atoms with Crippen molar-refractivity contribution in [1.82, 2.24) is 4.98 Å². The lowest BCUT2D eigenvalue weighted by molar-refractivity contribution is 0.0603. The minimum atomic E-state index is -0.371. The Kier molecular flexibility index (Phi) is 2.43. The molecule has 0 spiro atoms. The summed E-state index contributed by atoms with van der Waals surface area (Å²) in [5.74, 6) is -0.371. The molecule has 0 fully saturated rings. The number of aliphatic hydroxyl groups excluding tert-OH is 1. The van der Waals surface area contributed by atoms with Crippen molar-refractivity contribution >= 4 is 16.9 Å². The van der Waals surface area contributed by atoms with Gasteiger partial charge in [-0.05, 0) is 18.2 Å². The Morgan fingerprint density at radius 1 is 1.53 bits per heavy atom. The predicted molar refractivity (Wildman–Crippen MR) is 55.6 cm³/mol. The molecule has 78 valence electrons. The summed E-state index contributed by atoms with van der Waals surface area (Å²) in [6, 6.07) is 7.07. The van der Waals surface area contributed by atoms with Gasteiger partial charge in [-0.2, -0.15) is 0 Å². The third kappa shape index (κ3) is 1.59. The number of ether oxygens (including phenoxy) is 1. The lowest BCUT2D eigenvalue weighted by Gasteiger charge is -1.99. The Hall–Kier alpha value is -1.81. The Morgan fingerprint density at radius 3 is 3.00 bits per heavy atom. The number of carbonyl (C=O) groups excluding carboxylic acids is 1. The topological polar surface area (TPSA) is 62.3 Å². The summed E-state index contributed by atoms with van der Waals surface area (Å²) < 4.78 is 4.67. The average Bonchev–Trinajstić information content (AvgIpc) is 2.70. The van der Waals surface area contributed by atoms with E-state index in [9.17, 15) is 4.79 Å². The van der Waals surface area contributed by atoms with Gasteiger partial charge in [0.2, 0.25) is 0 Å². The minimum absolute atomic E-state index is 0.0741. The summed E-state index contributed by atoms with van der Waals surface area (Å²) in [4.78, 5) is 14.4. The van der Waals surface area contributed by atoms with E-state index < -0.39 is 0 Å². The fraction of sp³-hybridized carbons (Fsp3) is 0.182. The van der Waals surface area contributed by atoms with Crippen LogP contribution in [-0.2, 0) is 11.3 Å². The minimum Gasteiger partial charge on any atom is -0.465 e. The molecule has 15 heavy (non-hydrogen) atoms. The smallest absolute Gasteiger partial charge is 0.338 e.